The third-order valence-corrected chi connectivity index (χ3v) is 5.72. The predicted molar refractivity (Wildman–Crippen MR) is 94.1 cm³/mol. The Morgan fingerprint density at radius 3 is 2.77 bits per heavy atom. The number of rotatable bonds is 3. The number of pyridine rings is 1. The molecule has 1 aliphatic rings. The molecule has 22 heavy (non-hydrogen) atoms. The van der Waals surface area contributed by atoms with Crippen molar-refractivity contribution >= 4 is 37.5 Å². The Balaban J connectivity index is 1.91. The van der Waals surface area contributed by atoms with Crippen LogP contribution in [-0.2, 0) is 6.42 Å². The Hall–Kier alpha value is -1.26. The number of benzene rings is 1. The molecule has 1 aliphatic carbocycles. The third-order valence-electron chi connectivity index (χ3n) is 4.17. The maximum atomic E-state index is 14.2. The van der Waals surface area contributed by atoms with Crippen molar-refractivity contribution in [2.45, 2.75) is 32.1 Å². The molecule has 0 saturated heterocycles. The number of halogens is 2. The van der Waals surface area contributed by atoms with E-state index in [-0.39, 0.29) is 5.82 Å². The van der Waals surface area contributed by atoms with Gasteiger partial charge in [0.15, 0.2) is 0 Å². The van der Waals surface area contributed by atoms with Gasteiger partial charge < -0.3 is 0 Å². The van der Waals surface area contributed by atoms with E-state index >= 15 is 0 Å². The lowest BCUT2D eigenvalue weighted by Gasteiger charge is -2.03. The van der Waals surface area contributed by atoms with Gasteiger partial charge in [0, 0.05) is 26.0 Å². The first-order chi connectivity index (χ1) is 10.7. The smallest absolute Gasteiger partial charge is 0.132 e. The molecule has 0 bridgehead atoms. The van der Waals surface area contributed by atoms with Gasteiger partial charge in [0.2, 0.25) is 0 Å². The highest BCUT2D eigenvalue weighted by molar-refractivity contribution is 9.10. The van der Waals surface area contributed by atoms with Gasteiger partial charge in [-0.1, -0.05) is 22.9 Å². The molecule has 1 nitrogen and oxygen atoms in total. The second kappa shape index (κ2) is 5.43. The number of hydrogen-bond acceptors (Lipinski definition) is 2. The zero-order valence-electron chi connectivity index (χ0n) is 12.2. The number of hydrogen-bond donors (Lipinski definition) is 0. The van der Waals surface area contributed by atoms with Gasteiger partial charge in [0.1, 0.15) is 10.6 Å². The fourth-order valence-corrected chi connectivity index (χ4v) is 4.27. The van der Waals surface area contributed by atoms with Crippen molar-refractivity contribution in [3.63, 3.8) is 0 Å². The fraction of sp³-hybridized carbons (Fsp3) is 0.278. The van der Waals surface area contributed by atoms with Crippen LogP contribution in [-0.4, -0.2) is 4.98 Å². The van der Waals surface area contributed by atoms with Crippen LogP contribution < -0.4 is 0 Å². The van der Waals surface area contributed by atoms with E-state index in [0.717, 1.165) is 26.3 Å². The molecular weight excluding hydrogens is 361 g/mol. The van der Waals surface area contributed by atoms with Crippen LogP contribution in [0.4, 0.5) is 4.39 Å². The van der Waals surface area contributed by atoms with E-state index in [2.05, 4.69) is 35.0 Å². The molecule has 0 radical (unpaired) electrons. The van der Waals surface area contributed by atoms with Crippen molar-refractivity contribution in [2.75, 3.05) is 0 Å². The van der Waals surface area contributed by atoms with Crippen molar-refractivity contribution in [1.29, 1.82) is 0 Å². The van der Waals surface area contributed by atoms with Gasteiger partial charge >= 0.3 is 0 Å². The van der Waals surface area contributed by atoms with Gasteiger partial charge in [-0.3, -0.25) is 0 Å². The fourth-order valence-electron chi connectivity index (χ4n) is 2.83. The van der Waals surface area contributed by atoms with Crippen LogP contribution in [0.5, 0.6) is 0 Å². The summed E-state index contributed by atoms with van der Waals surface area (Å²) in [5, 5.41) is 1.21. The summed E-state index contributed by atoms with van der Waals surface area (Å²) < 4.78 is 15.0. The average molecular weight is 376 g/mol. The van der Waals surface area contributed by atoms with Crippen molar-refractivity contribution in [3.8, 4) is 10.4 Å². The second-order valence-electron chi connectivity index (χ2n) is 5.78. The van der Waals surface area contributed by atoms with Gasteiger partial charge in [-0.05, 0) is 61.1 Å². The topological polar surface area (TPSA) is 12.9 Å². The molecule has 0 aliphatic heterocycles. The van der Waals surface area contributed by atoms with Crippen LogP contribution in [0.1, 0.15) is 36.9 Å². The second-order valence-corrected chi connectivity index (χ2v) is 7.73. The van der Waals surface area contributed by atoms with Crippen molar-refractivity contribution in [1.82, 2.24) is 4.98 Å². The number of nitrogens with zero attached hydrogens (tertiary/aromatic N) is 1. The van der Waals surface area contributed by atoms with E-state index in [0.29, 0.717) is 11.5 Å². The summed E-state index contributed by atoms with van der Waals surface area (Å²) in [6.45, 7) is 2.13. The first kappa shape index (κ1) is 14.3. The number of thiophene rings is 1. The van der Waals surface area contributed by atoms with Crippen LogP contribution >= 0.6 is 27.3 Å². The molecule has 1 saturated carbocycles. The average Bonchev–Trinajstić information content (AvgIpc) is 3.25. The molecule has 0 spiro atoms. The maximum Gasteiger partial charge on any atom is 0.132 e. The first-order valence-electron chi connectivity index (χ1n) is 7.54. The Morgan fingerprint density at radius 2 is 2.09 bits per heavy atom. The normalized spacial score (nSPS) is 14.7. The summed E-state index contributed by atoms with van der Waals surface area (Å²) >= 11 is 4.91. The molecule has 0 N–H and O–H groups in total. The largest absolute Gasteiger partial charge is 0.242 e. The van der Waals surface area contributed by atoms with Crippen LogP contribution in [0.25, 0.3) is 20.7 Å². The Morgan fingerprint density at radius 1 is 1.27 bits per heavy atom. The number of fused-ring (bicyclic) bond motifs is 1. The van der Waals surface area contributed by atoms with E-state index in [9.17, 15) is 4.39 Å². The molecule has 1 fully saturated rings. The Labute approximate surface area is 141 Å². The molecule has 0 amide bonds. The lowest BCUT2D eigenvalue weighted by Crippen LogP contribution is -1.90. The maximum absolute atomic E-state index is 14.2. The van der Waals surface area contributed by atoms with Crippen LogP contribution in [0.15, 0.2) is 34.8 Å². The molecule has 4 rings (SSSR count). The molecule has 112 valence electrons. The third kappa shape index (κ3) is 2.48. The van der Waals surface area contributed by atoms with E-state index in [4.69, 9.17) is 4.98 Å². The monoisotopic (exact) mass is 375 g/mol. The van der Waals surface area contributed by atoms with Gasteiger partial charge in [-0.2, -0.15) is 0 Å². The Kier molecular flexibility index (Phi) is 3.54. The number of aryl methyl sites for hydroxylation is 1. The molecule has 2 aromatic heterocycles. The molecule has 2 heterocycles. The van der Waals surface area contributed by atoms with Crippen molar-refractivity contribution in [2.24, 2.45) is 0 Å². The summed E-state index contributed by atoms with van der Waals surface area (Å²) in [7, 11) is 0. The zero-order valence-corrected chi connectivity index (χ0v) is 14.6. The van der Waals surface area contributed by atoms with Gasteiger partial charge in [-0.15, -0.1) is 11.3 Å². The molecular formula is C18H15BrFNS. The standard InChI is InChI=1S/C18H15BrFNS/c1-2-12-8-14(10-3-4-10)15-9-17(22-18(15)21-12)13-6-5-11(19)7-16(13)20/h5-10H,2-4H2,1H3. The molecule has 0 unspecified atom stereocenters. The predicted octanol–water partition coefficient (Wildman–Crippen LogP) is 6.30. The van der Waals surface area contributed by atoms with Gasteiger partial charge in [0.05, 0.1) is 0 Å². The first-order valence-corrected chi connectivity index (χ1v) is 9.15. The molecule has 1 aromatic carbocycles. The lowest BCUT2D eigenvalue weighted by atomic mass is 10.1. The highest BCUT2D eigenvalue weighted by atomic mass is 79.9. The zero-order chi connectivity index (χ0) is 15.3. The van der Waals surface area contributed by atoms with E-state index in [1.807, 2.05) is 12.1 Å². The van der Waals surface area contributed by atoms with E-state index in [1.165, 1.54) is 29.9 Å². The molecule has 4 heteroatoms. The van der Waals surface area contributed by atoms with Crippen LogP contribution in [0.3, 0.4) is 0 Å². The van der Waals surface area contributed by atoms with Gasteiger partial charge in [-0.25, -0.2) is 9.37 Å². The van der Waals surface area contributed by atoms with Crippen LogP contribution in [0, 0.1) is 5.82 Å². The summed E-state index contributed by atoms with van der Waals surface area (Å²) in [5.41, 5.74) is 3.20. The SMILES string of the molecule is CCc1cc(C2CC2)c2cc(-c3ccc(Br)cc3F)sc2n1. The summed E-state index contributed by atoms with van der Waals surface area (Å²) in [5.74, 6) is 0.484. The minimum atomic E-state index is -0.190. The molecule has 0 atom stereocenters. The van der Waals surface area contributed by atoms with Gasteiger partial charge in [0.25, 0.3) is 0 Å². The summed E-state index contributed by atoms with van der Waals surface area (Å²) in [4.78, 5) is 6.75. The summed E-state index contributed by atoms with van der Waals surface area (Å²) in [6, 6.07) is 9.60. The van der Waals surface area contributed by atoms with E-state index < -0.39 is 0 Å². The highest BCUT2D eigenvalue weighted by Gasteiger charge is 2.27. The minimum absolute atomic E-state index is 0.190. The molecule has 3 aromatic rings. The quantitative estimate of drug-likeness (QED) is 0.522. The van der Waals surface area contributed by atoms with Crippen LogP contribution in [0.2, 0.25) is 0 Å². The van der Waals surface area contributed by atoms with Crippen molar-refractivity contribution < 1.29 is 4.39 Å². The minimum Gasteiger partial charge on any atom is -0.242 e. The number of aromatic nitrogens is 1. The Bertz CT molecular complexity index is 867. The van der Waals surface area contributed by atoms with E-state index in [1.54, 1.807) is 11.3 Å². The lowest BCUT2D eigenvalue weighted by molar-refractivity contribution is 0.631. The van der Waals surface area contributed by atoms with Crippen molar-refractivity contribution in [3.05, 3.63) is 51.9 Å². The summed E-state index contributed by atoms with van der Waals surface area (Å²) in [6.07, 6.45) is 3.47. The highest BCUT2D eigenvalue weighted by Crippen LogP contribution is 2.46.